The van der Waals surface area contributed by atoms with E-state index in [0.717, 1.165) is 29.7 Å². The van der Waals surface area contributed by atoms with Crippen LogP contribution in [0.25, 0.3) is 0 Å². The summed E-state index contributed by atoms with van der Waals surface area (Å²) in [6.45, 7) is 2.91. The van der Waals surface area contributed by atoms with Crippen LogP contribution < -0.4 is 5.11 Å². The molecule has 1 atom stereocenters. The zero-order chi connectivity index (χ0) is 13.6. The molecule has 2 fully saturated rings. The van der Waals surface area contributed by atoms with E-state index in [0.29, 0.717) is 12.2 Å². The molecule has 6 heteroatoms. The number of likely N-dealkylation sites (N-methyl/N-ethyl adjacent to an activating group) is 1. The van der Waals surface area contributed by atoms with Gasteiger partial charge in [-0.2, -0.15) is 0 Å². The Morgan fingerprint density at radius 3 is 2.74 bits per heavy atom. The number of carboxylic acid groups (broad SMARTS) is 1. The molecule has 0 radical (unpaired) electrons. The van der Waals surface area contributed by atoms with E-state index in [-0.39, 0.29) is 17.0 Å². The van der Waals surface area contributed by atoms with Crippen LogP contribution in [0.2, 0.25) is 0 Å². The number of hydrogen-bond donors (Lipinski definition) is 0. The van der Waals surface area contributed by atoms with Gasteiger partial charge in [-0.15, -0.1) is 11.8 Å². The number of β-lactam (4-membered cyclic amide) rings is 1. The first kappa shape index (κ1) is 13.0. The van der Waals surface area contributed by atoms with Crippen LogP contribution in [0.5, 0.6) is 0 Å². The van der Waals surface area contributed by atoms with Crippen molar-refractivity contribution in [2.45, 2.75) is 24.6 Å². The Labute approximate surface area is 116 Å². The maximum atomic E-state index is 11.6. The van der Waals surface area contributed by atoms with Gasteiger partial charge >= 0.3 is 0 Å². The fourth-order valence-electron chi connectivity index (χ4n) is 3.31. The number of rotatable bonds is 3. The summed E-state index contributed by atoms with van der Waals surface area (Å²) >= 11 is 1.67. The lowest BCUT2D eigenvalue weighted by molar-refractivity contribution is -0.893. The number of aliphatic carboxylic acids is 1. The van der Waals surface area contributed by atoms with Crippen LogP contribution in [0.3, 0.4) is 0 Å². The van der Waals surface area contributed by atoms with Crippen LogP contribution in [-0.4, -0.2) is 59.1 Å². The summed E-state index contributed by atoms with van der Waals surface area (Å²) in [7, 11) is 2.17. The molecule has 3 rings (SSSR count). The Balaban J connectivity index is 1.89. The summed E-state index contributed by atoms with van der Waals surface area (Å²) in [6.07, 6.45) is 2.85. The fraction of sp³-hybridized carbons (Fsp3) is 0.692. The van der Waals surface area contributed by atoms with Crippen molar-refractivity contribution in [3.63, 3.8) is 0 Å². The quantitative estimate of drug-likeness (QED) is 0.519. The number of carboxylic acids is 1. The number of carbonyl (C=O) groups is 2. The number of amides is 1. The average Bonchev–Trinajstić information content (AvgIpc) is 2.75. The van der Waals surface area contributed by atoms with Gasteiger partial charge in [-0.1, -0.05) is 0 Å². The van der Waals surface area contributed by atoms with Gasteiger partial charge in [-0.3, -0.25) is 9.69 Å². The molecule has 1 amide bonds. The third-order valence-corrected chi connectivity index (χ3v) is 5.62. The summed E-state index contributed by atoms with van der Waals surface area (Å²) in [5.41, 5.74) is 1.03. The Morgan fingerprint density at radius 2 is 2.16 bits per heavy atom. The van der Waals surface area contributed by atoms with E-state index in [1.54, 1.807) is 11.8 Å². The van der Waals surface area contributed by atoms with Crippen LogP contribution in [-0.2, 0) is 9.59 Å². The predicted octanol–water partition coefficient (Wildman–Crippen LogP) is -0.464. The molecule has 19 heavy (non-hydrogen) atoms. The number of nitrogens with zero attached hydrogens (tertiary/aromatic N) is 2. The first-order valence-electron chi connectivity index (χ1n) is 6.71. The molecule has 0 aliphatic carbocycles. The highest BCUT2D eigenvalue weighted by molar-refractivity contribution is 8.00. The molecule has 0 aromatic carbocycles. The number of carbonyl (C=O) groups excluding carboxylic acids is 2. The molecule has 0 saturated carbocycles. The summed E-state index contributed by atoms with van der Waals surface area (Å²) < 4.78 is 0.888. The fourth-order valence-corrected chi connectivity index (χ4v) is 4.56. The van der Waals surface area contributed by atoms with E-state index in [2.05, 4.69) is 7.05 Å². The largest absolute Gasteiger partial charge is 0.543 e. The monoisotopic (exact) mass is 282 g/mol. The molecule has 0 spiro atoms. The Bertz CT molecular complexity index is 469. The Morgan fingerprint density at radius 1 is 1.47 bits per heavy atom. The van der Waals surface area contributed by atoms with Gasteiger partial charge in [-0.05, 0) is 0 Å². The first-order chi connectivity index (χ1) is 9.00. The van der Waals surface area contributed by atoms with Gasteiger partial charge in [0.2, 0.25) is 5.91 Å². The summed E-state index contributed by atoms with van der Waals surface area (Å²) in [5.74, 6) is -0.567. The highest BCUT2D eigenvalue weighted by Crippen LogP contribution is 2.40. The SMILES string of the molecule is C[N+]1(CC2=C(C(=O)[O-])N3C(=O)CC3SC2)CCCC1. The van der Waals surface area contributed by atoms with Gasteiger partial charge in [0.15, 0.2) is 0 Å². The molecule has 0 bridgehead atoms. The van der Waals surface area contributed by atoms with Gasteiger partial charge < -0.3 is 14.4 Å². The van der Waals surface area contributed by atoms with E-state index < -0.39 is 5.97 Å². The molecular weight excluding hydrogens is 264 g/mol. The number of thioether (sulfide) groups is 1. The number of hydrogen-bond acceptors (Lipinski definition) is 4. The van der Waals surface area contributed by atoms with Gasteiger partial charge in [0, 0.05) is 24.2 Å². The molecular formula is C13H18N2O3S. The molecule has 104 valence electrons. The van der Waals surface area contributed by atoms with Crippen molar-refractivity contribution in [3.05, 3.63) is 11.3 Å². The van der Waals surface area contributed by atoms with E-state index in [1.807, 2.05) is 0 Å². The van der Waals surface area contributed by atoms with Crippen LogP contribution in [0, 0.1) is 0 Å². The van der Waals surface area contributed by atoms with Crippen LogP contribution >= 0.6 is 11.8 Å². The van der Waals surface area contributed by atoms with E-state index in [1.165, 1.54) is 17.7 Å². The van der Waals surface area contributed by atoms with Crippen LogP contribution in [0.1, 0.15) is 19.3 Å². The molecule has 2 saturated heterocycles. The second-order valence-electron chi connectivity index (χ2n) is 5.91. The highest BCUT2D eigenvalue weighted by Gasteiger charge is 2.44. The smallest absolute Gasteiger partial charge is 0.230 e. The van der Waals surface area contributed by atoms with Gasteiger partial charge in [-0.25, -0.2) is 0 Å². The van der Waals surface area contributed by atoms with E-state index >= 15 is 0 Å². The van der Waals surface area contributed by atoms with Crippen molar-refractivity contribution in [3.8, 4) is 0 Å². The second kappa shape index (κ2) is 4.52. The minimum atomic E-state index is -1.20. The van der Waals surface area contributed by atoms with Crippen LogP contribution in [0.4, 0.5) is 0 Å². The Hall–Kier alpha value is -1.01. The van der Waals surface area contributed by atoms with Gasteiger partial charge in [0.05, 0.1) is 43.6 Å². The van der Waals surface area contributed by atoms with E-state index in [4.69, 9.17) is 0 Å². The molecule has 0 N–H and O–H groups in total. The topological polar surface area (TPSA) is 60.4 Å². The van der Waals surface area contributed by atoms with Gasteiger partial charge in [0.25, 0.3) is 0 Å². The molecule has 0 aromatic heterocycles. The third-order valence-electron chi connectivity index (χ3n) is 4.34. The lowest BCUT2D eigenvalue weighted by Crippen LogP contribution is -2.57. The summed E-state index contributed by atoms with van der Waals surface area (Å²) in [5, 5.41) is 11.4. The first-order valence-corrected chi connectivity index (χ1v) is 7.76. The lowest BCUT2D eigenvalue weighted by Gasteiger charge is -2.46. The van der Waals surface area contributed by atoms with Crippen molar-refractivity contribution in [2.75, 3.05) is 32.4 Å². The zero-order valence-corrected chi connectivity index (χ0v) is 11.9. The van der Waals surface area contributed by atoms with Crippen molar-refractivity contribution < 1.29 is 19.2 Å². The second-order valence-corrected chi connectivity index (χ2v) is 7.07. The predicted molar refractivity (Wildman–Crippen MR) is 69.8 cm³/mol. The zero-order valence-electron chi connectivity index (χ0n) is 11.1. The normalized spacial score (nSPS) is 29.2. The number of quaternary nitrogens is 1. The van der Waals surface area contributed by atoms with Crippen molar-refractivity contribution >= 4 is 23.6 Å². The lowest BCUT2D eigenvalue weighted by atomic mass is 10.1. The average molecular weight is 282 g/mol. The standard InChI is InChI=1S/C13H18N2O3S/c1-15(4-2-3-5-15)7-9-8-19-11-6-10(16)14(11)12(9)13(17)18/h11H,2-8H2,1H3. The number of likely N-dealkylation sites (tertiary alicyclic amines) is 1. The maximum absolute atomic E-state index is 11.6. The summed E-state index contributed by atoms with van der Waals surface area (Å²) in [6, 6.07) is 0. The molecule has 3 heterocycles. The maximum Gasteiger partial charge on any atom is 0.230 e. The van der Waals surface area contributed by atoms with Crippen molar-refractivity contribution in [1.82, 2.24) is 4.90 Å². The van der Waals surface area contributed by atoms with E-state index in [9.17, 15) is 14.7 Å². The van der Waals surface area contributed by atoms with Crippen molar-refractivity contribution in [2.24, 2.45) is 0 Å². The molecule has 0 aromatic rings. The molecule has 3 aliphatic rings. The minimum absolute atomic E-state index is 0.0213. The molecule has 3 aliphatic heterocycles. The van der Waals surface area contributed by atoms with Crippen molar-refractivity contribution in [1.29, 1.82) is 0 Å². The minimum Gasteiger partial charge on any atom is -0.543 e. The molecule has 5 nitrogen and oxygen atoms in total. The third kappa shape index (κ3) is 2.17. The Kier molecular flexibility index (Phi) is 3.09. The molecule has 1 unspecified atom stereocenters. The van der Waals surface area contributed by atoms with Gasteiger partial charge in [0.1, 0.15) is 6.54 Å². The summed E-state index contributed by atoms with van der Waals surface area (Å²) in [4.78, 5) is 24.5. The highest BCUT2D eigenvalue weighted by atomic mass is 32.2. The van der Waals surface area contributed by atoms with Crippen LogP contribution in [0.15, 0.2) is 11.3 Å². The number of fused-ring (bicyclic) bond motifs is 1.